The minimum Gasteiger partial charge on any atom is -0.399 e. The number of hydrogen-bond acceptors (Lipinski definition) is 4. The molecule has 0 aliphatic carbocycles. The third kappa shape index (κ3) is 2.28. The van der Waals surface area contributed by atoms with Crippen LogP contribution in [-0.4, -0.2) is 20.9 Å². The highest BCUT2D eigenvalue weighted by atomic mass is 35.5. The number of nitrogen functional groups attached to an aromatic ring is 1. The van der Waals surface area contributed by atoms with Gasteiger partial charge in [0.2, 0.25) is 5.28 Å². The summed E-state index contributed by atoms with van der Waals surface area (Å²) in [6, 6.07) is 6.90. The number of halogens is 1. The van der Waals surface area contributed by atoms with E-state index in [0.717, 1.165) is 10.9 Å². The lowest BCUT2D eigenvalue weighted by Gasteiger charge is -2.03. The number of carbonyl (C=O) groups is 1. The molecule has 20 heavy (non-hydrogen) atoms. The molecular formula is C13H10ClN5O. The van der Waals surface area contributed by atoms with Crippen molar-refractivity contribution in [3.8, 4) is 0 Å². The van der Waals surface area contributed by atoms with Crippen molar-refractivity contribution < 1.29 is 4.79 Å². The molecule has 0 radical (unpaired) electrons. The fourth-order valence-electron chi connectivity index (χ4n) is 1.91. The Morgan fingerprint density at radius 1 is 1.35 bits per heavy atom. The topological polar surface area (TPSA) is 96.7 Å². The van der Waals surface area contributed by atoms with Crippen LogP contribution >= 0.6 is 11.6 Å². The van der Waals surface area contributed by atoms with Crippen LogP contribution in [0.4, 0.5) is 11.5 Å². The summed E-state index contributed by atoms with van der Waals surface area (Å²) in [6.45, 7) is 0. The molecule has 0 spiro atoms. The van der Waals surface area contributed by atoms with Gasteiger partial charge >= 0.3 is 0 Å². The van der Waals surface area contributed by atoms with E-state index in [0.29, 0.717) is 17.1 Å². The lowest BCUT2D eigenvalue weighted by molar-refractivity contribution is 0.102. The van der Waals surface area contributed by atoms with Gasteiger partial charge in [0.25, 0.3) is 5.91 Å². The first kappa shape index (κ1) is 12.4. The quantitative estimate of drug-likeness (QED) is 0.498. The van der Waals surface area contributed by atoms with E-state index in [2.05, 4.69) is 20.3 Å². The molecular weight excluding hydrogens is 278 g/mol. The van der Waals surface area contributed by atoms with Crippen molar-refractivity contribution in [3.05, 3.63) is 47.5 Å². The van der Waals surface area contributed by atoms with Gasteiger partial charge in [0.15, 0.2) is 0 Å². The molecule has 0 saturated heterocycles. The molecule has 0 atom stereocenters. The third-order valence-electron chi connectivity index (χ3n) is 2.82. The maximum atomic E-state index is 12.2. The first-order chi connectivity index (χ1) is 9.63. The summed E-state index contributed by atoms with van der Waals surface area (Å²) < 4.78 is 0. The van der Waals surface area contributed by atoms with Crippen molar-refractivity contribution in [2.24, 2.45) is 0 Å². The van der Waals surface area contributed by atoms with Crippen molar-refractivity contribution in [1.82, 2.24) is 15.0 Å². The lowest BCUT2D eigenvalue weighted by Crippen LogP contribution is -2.12. The number of nitrogens with two attached hydrogens (primary N) is 1. The van der Waals surface area contributed by atoms with E-state index < -0.39 is 0 Å². The molecule has 6 nitrogen and oxygen atoms in total. The number of carbonyl (C=O) groups excluding carboxylic acids is 1. The Morgan fingerprint density at radius 3 is 3.00 bits per heavy atom. The van der Waals surface area contributed by atoms with Gasteiger partial charge in [0.05, 0.1) is 5.56 Å². The summed E-state index contributed by atoms with van der Waals surface area (Å²) in [7, 11) is 0. The minimum absolute atomic E-state index is 0.0750. The predicted octanol–water partition coefficient (Wildman–Crippen LogP) is 2.45. The van der Waals surface area contributed by atoms with E-state index in [1.54, 1.807) is 24.4 Å². The Labute approximate surface area is 119 Å². The fourth-order valence-corrected chi connectivity index (χ4v) is 2.06. The van der Waals surface area contributed by atoms with E-state index in [1.807, 2.05) is 6.07 Å². The summed E-state index contributed by atoms with van der Waals surface area (Å²) >= 11 is 5.67. The lowest BCUT2D eigenvalue weighted by atomic mass is 10.1. The predicted molar refractivity (Wildman–Crippen MR) is 77.7 cm³/mol. The number of nitrogens with one attached hydrogen (secondary N) is 2. The van der Waals surface area contributed by atoms with E-state index in [-0.39, 0.29) is 11.2 Å². The number of fused-ring (bicyclic) bond motifs is 1. The number of rotatable bonds is 2. The molecule has 1 aromatic carbocycles. The number of benzene rings is 1. The minimum atomic E-state index is -0.295. The number of anilines is 2. The molecule has 0 fully saturated rings. The molecule has 7 heteroatoms. The Bertz CT molecular complexity index is 798. The van der Waals surface area contributed by atoms with Gasteiger partial charge in [-0.2, -0.15) is 0 Å². The average Bonchev–Trinajstić information content (AvgIpc) is 2.81. The average molecular weight is 288 g/mol. The molecule has 0 unspecified atom stereocenters. The maximum absolute atomic E-state index is 12.2. The number of aromatic nitrogens is 3. The normalized spacial score (nSPS) is 10.7. The zero-order valence-corrected chi connectivity index (χ0v) is 11.0. The molecule has 2 aromatic heterocycles. The van der Waals surface area contributed by atoms with E-state index in [1.165, 1.54) is 6.20 Å². The van der Waals surface area contributed by atoms with Gasteiger partial charge in [-0.15, -0.1) is 0 Å². The van der Waals surface area contributed by atoms with Gasteiger partial charge in [0, 0.05) is 29.0 Å². The maximum Gasteiger partial charge on any atom is 0.258 e. The second-order valence-corrected chi connectivity index (χ2v) is 4.51. The standard InChI is InChI=1S/C13H10ClN5O/c14-13-16-4-3-11(19-13)18-12(20)9-6-17-10-2-1-7(15)5-8(9)10/h1-6,17H,15H2,(H,16,18,19,20). The Kier molecular flexibility index (Phi) is 3.00. The van der Waals surface area contributed by atoms with E-state index in [4.69, 9.17) is 17.3 Å². The van der Waals surface area contributed by atoms with Gasteiger partial charge in [-0.05, 0) is 35.9 Å². The Hall–Kier alpha value is -2.60. The molecule has 0 aliphatic rings. The van der Waals surface area contributed by atoms with Crippen LogP contribution in [0.3, 0.4) is 0 Å². The van der Waals surface area contributed by atoms with Crippen LogP contribution in [0.5, 0.6) is 0 Å². The third-order valence-corrected chi connectivity index (χ3v) is 3.00. The first-order valence-corrected chi connectivity index (χ1v) is 6.18. The van der Waals surface area contributed by atoms with Crippen molar-refractivity contribution in [1.29, 1.82) is 0 Å². The Balaban J connectivity index is 1.94. The molecule has 3 aromatic rings. The molecule has 0 saturated carbocycles. The molecule has 3 rings (SSSR count). The van der Waals surface area contributed by atoms with Crippen LogP contribution in [0.25, 0.3) is 10.9 Å². The molecule has 1 amide bonds. The smallest absolute Gasteiger partial charge is 0.258 e. The number of amides is 1. The summed E-state index contributed by atoms with van der Waals surface area (Å²) in [5.41, 5.74) is 7.66. The second kappa shape index (κ2) is 4.82. The van der Waals surface area contributed by atoms with Gasteiger partial charge in [-0.3, -0.25) is 4.79 Å². The molecule has 0 bridgehead atoms. The SMILES string of the molecule is Nc1ccc2[nH]cc(C(=O)Nc3ccnc(Cl)n3)c2c1. The molecule has 100 valence electrons. The van der Waals surface area contributed by atoms with E-state index >= 15 is 0 Å². The van der Waals surface area contributed by atoms with Crippen LogP contribution in [0, 0.1) is 0 Å². The van der Waals surface area contributed by atoms with Crippen LogP contribution < -0.4 is 11.1 Å². The summed E-state index contributed by atoms with van der Waals surface area (Å²) in [5.74, 6) is 0.0462. The van der Waals surface area contributed by atoms with Gasteiger partial charge in [-0.1, -0.05) is 0 Å². The summed E-state index contributed by atoms with van der Waals surface area (Å²) in [5, 5.41) is 3.49. The van der Waals surface area contributed by atoms with Gasteiger partial charge in [-0.25, -0.2) is 9.97 Å². The Morgan fingerprint density at radius 2 is 2.20 bits per heavy atom. The highest BCUT2D eigenvalue weighted by Crippen LogP contribution is 2.21. The molecule has 0 aliphatic heterocycles. The number of aromatic amines is 1. The van der Waals surface area contributed by atoms with Crippen LogP contribution in [0.1, 0.15) is 10.4 Å². The monoisotopic (exact) mass is 287 g/mol. The van der Waals surface area contributed by atoms with Crippen molar-refractivity contribution in [2.45, 2.75) is 0 Å². The summed E-state index contributed by atoms with van der Waals surface area (Å²) in [4.78, 5) is 22.9. The van der Waals surface area contributed by atoms with Crippen LogP contribution in [-0.2, 0) is 0 Å². The van der Waals surface area contributed by atoms with Crippen molar-refractivity contribution in [3.63, 3.8) is 0 Å². The summed E-state index contributed by atoms with van der Waals surface area (Å²) in [6.07, 6.45) is 3.10. The van der Waals surface area contributed by atoms with Crippen molar-refractivity contribution in [2.75, 3.05) is 11.1 Å². The first-order valence-electron chi connectivity index (χ1n) is 5.80. The highest BCUT2D eigenvalue weighted by molar-refractivity contribution is 6.28. The molecule has 4 N–H and O–H groups in total. The highest BCUT2D eigenvalue weighted by Gasteiger charge is 2.13. The van der Waals surface area contributed by atoms with Crippen molar-refractivity contribution >= 4 is 39.9 Å². The molecule has 2 heterocycles. The fraction of sp³-hybridized carbons (Fsp3) is 0. The van der Waals surface area contributed by atoms with Crippen LogP contribution in [0.2, 0.25) is 5.28 Å². The zero-order valence-electron chi connectivity index (χ0n) is 10.2. The second-order valence-electron chi connectivity index (χ2n) is 4.17. The van der Waals surface area contributed by atoms with Gasteiger partial charge < -0.3 is 16.0 Å². The number of nitrogens with zero attached hydrogens (tertiary/aromatic N) is 2. The largest absolute Gasteiger partial charge is 0.399 e. The number of H-pyrrole nitrogens is 1. The number of hydrogen-bond donors (Lipinski definition) is 3. The van der Waals surface area contributed by atoms with E-state index in [9.17, 15) is 4.79 Å². The zero-order chi connectivity index (χ0) is 14.1. The van der Waals surface area contributed by atoms with Gasteiger partial charge in [0.1, 0.15) is 5.82 Å². The van der Waals surface area contributed by atoms with Crippen LogP contribution in [0.15, 0.2) is 36.7 Å².